The predicted molar refractivity (Wildman–Crippen MR) is 256 cm³/mol. The highest BCUT2D eigenvalue weighted by molar-refractivity contribution is 7.25. The number of hydrogen-bond donors (Lipinski definition) is 0. The highest BCUT2D eigenvalue weighted by Crippen LogP contribution is 2.49. The first kappa shape index (κ1) is 33.7. The van der Waals surface area contributed by atoms with E-state index in [-0.39, 0.29) is 5.41 Å². The van der Waals surface area contributed by atoms with Gasteiger partial charge in [-0.3, -0.25) is 0 Å². The van der Waals surface area contributed by atoms with Gasteiger partial charge in [0.2, 0.25) is 0 Å². The number of rotatable bonds is 4. The Bertz CT molecular complexity index is 3740. The Labute approximate surface area is 351 Å². The van der Waals surface area contributed by atoms with Gasteiger partial charge in [0.15, 0.2) is 0 Å². The molecule has 0 radical (unpaired) electrons. The van der Waals surface area contributed by atoms with Crippen LogP contribution in [-0.2, 0) is 5.41 Å². The second-order valence-corrected chi connectivity index (χ2v) is 18.0. The molecule has 1 aliphatic rings. The lowest BCUT2D eigenvalue weighted by Crippen LogP contribution is -2.15. The zero-order valence-corrected chi connectivity index (χ0v) is 34.1. The first-order valence-corrected chi connectivity index (χ1v) is 21.6. The minimum Gasteiger partial charge on any atom is -0.309 e. The molecule has 0 spiro atoms. The summed E-state index contributed by atoms with van der Waals surface area (Å²) in [6, 6.07) is 72.4. The van der Waals surface area contributed by atoms with Crippen LogP contribution in [0.1, 0.15) is 25.0 Å². The molecule has 12 aromatic rings. The highest BCUT2D eigenvalue weighted by atomic mass is 32.1. The molecule has 0 unspecified atom stereocenters. The van der Waals surface area contributed by atoms with Crippen molar-refractivity contribution in [2.24, 2.45) is 0 Å². The lowest BCUT2D eigenvalue weighted by Gasteiger charge is -2.22. The van der Waals surface area contributed by atoms with Crippen molar-refractivity contribution in [2.75, 3.05) is 0 Å². The Morgan fingerprint density at radius 1 is 0.333 bits per heavy atom. The Morgan fingerprint density at radius 3 is 1.55 bits per heavy atom. The molecule has 13 rings (SSSR count). The van der Waals surface area contributed by atoms with Crippen molar-refractivity contribution in [1.82, 2.24) is 9.13 Å². The highest BCUT2D eigenvalue weighted by Gasteiger charge is 2.35. The fourth-order valence-corrected chi connectivity index (χ4v) is 11.5. The lowest BCUT2D eigenvalue weighted by molar-refractivity contribution is 0.660. The van der Waals surface area contributed by atoms with Crippen molar-refractivity contribution >= 4 is 75.1 Å². The van der Waals surface area contributed by atoms with Gasteiger partial charge in [-0.15, -0.1) is 11.3 Å². The van der Waals surface area contributed by atoms with Crippen LogP contribution in [0.3, 0.4) is 0 Å². The van der Waals surface area contributed by atoms with Gasteiger partial charge in [-0.25, -0.2) is 0 Å². The monoisotopic (exact) mass is 782 g/mol. The maximum Gasteiger partial charge on any atom is 0.0541 e. The van der Waals surface area contributed by atoms with E-state index in [0.717, 1.165) is 5.69 Å². The molecule has 0 saturated carbocycles. The predicted octanol–water partition coefficient (Wildman–Crippen LogP) is 15.9. The summed E-state index contributed by atoms with van der Waals surface area (Å²) in [4.78, 5) is 0. The van der Waals surface area contributed by atoms with Gasteiger partial charge in [0.25, 0.3) is 0 Å². The van der Waals surface area contributed by atoms with Gasteiger partial charge in [-0.2, -0.15) is 0 Å². The van der Waals surface area contributed by atoms with E-state index in [9.17, 15) is 0 Å². The molecule has 0 N–H and O–H groups in total. The average Bonchev–Trinajstić information content (AvgIpc) is 4.01. The molecular weight excluding hydrogens is 745 g/mol. The zero-order chi connectivity index (χ0) is 39.7. The summed E-state index contributed by atoms with van der Waals surface area (Å²) in [5.74, 6) is 0. The van der Waals surface area contributed by atoms with Crippen LogP contribution in [0.2, 0.25) is 0 Å². The molecule has 0 aliphatic heterocycles. The average molecular weight is 783 g/mol. The maximum absolute atomic E-state index is 2.46. The van der Waals surface area contributed by atoms with E-state index in [2.05, 4.69) is 217 Å². The molecule has 60 heavy (non-hydrogen) atoms. The first-order chi connectivity index (χ1) is 29.5. The van der Waals surface area contributed by atoms with E-state index < -0.39 is 0 Å². The van der Waals surface area contributed by atoms with Gasteiger partial charge < -0.3 is 9.13 Å². The minimum atomic E-state index is -0.0607. The summed E-state index contributed by atoms with van der Waals surface area (Å²) >= 11 is 1.87. The Balaban J connectivity index is 0.899. The number of para-hydroxylation sites is 2. The molecular formula is C57H38N2S. The van der Waals surface area contributed by atoms with Gasteiger partial charge in [0, 0.05) is 58.5 Å². The number of fused-ring (bicyclic) bond motifs is 12. The molecule has 3 aromatic heterocycles. The molecule has 3 heteroatoms. The molecule has 9 aromatic carbocycles. The molecule has 2 nitrogen and oxygen atoms in total. The van der Waals surface area contributed by atoms with Gasteiger partial charge in [0.05, 0.1) is 22.1 Å². The molecule has 1 aliphatic carbocycles. The maximum atomic E-state index is 2.46. The minimum absolute atomic E-state index is 0.0607. The van der Waals surface area contributed by atoms with E-state index in [0.29, 0.717) is 0 Å². The second-order valence-electron chi connectivity index (χ2n) is 16.9. The van der Waals surface area contributed by atoms with E-state index in [1.54, 1.807) is 0 Å². The van der Waals surface area contributed by atoms with Gasteiger partial charge in [-0.1, -0.05) is 135 Å². The summed E-state index contributed by atoms with van der Waals surface area (Å²) in [6.45, 7) is 4.72. The van der Waals surface area contributed by atoms with Crippen molar-refractivity contribution in [3.05, 3.63) is 205 Å². The quantitative estimate of drug-likeness (QED) is 0.168. The third-order valence-electron chi connectivity index (χ3n) is 13.3. The van der Waals surface area contributed by atoms with E-state index in [1.807, 2.05) is 11.3 Å². The largest absolute Gasteiger partial charge is 0.309 e. The van der Waals surface area contributed by atoms with Gasteiger partial charge >= 0.3 is 0 Å². The van der Waals surface area contributed by atoms with Crippen LogP contribution in [0, 0.1) is 0 Å². The second kappa shape index (κ2) is 12.4. The lowest BCUT2D eigenvalue weighted by atomic mass is 9.82. The zero-order valence-electron chi connectivity index (χ0n) is 33.3. The summed E-state index contributed by atoms with van der Waals surface area (Å²) in [5.41, 5.74) is 17.6. The SMILES string of the molecule is CC1(C)c2ccccc2-c2ccc(-n3c4ccccc4c4cc(-c5ccc6c(c5)c5ccccc5n6-c5ccc(-c6ccc7c(c6)sc6ccccc67)cc5)ccc43)cc21. The first-order valence-electron chi connectivity index (χ1n) is 20.8. The Morgan fingerprint density at radius 2 is 0.833 bits per heavy atom. The number of thiophene rings is 1. The van der Waals surface area contributed by atoms with Crippen molar-refractivity contribution < 1.29 is 0 Å². The third-order valence-corrected chi connectivity index (χ3v) is 14.5. The van der Waals surface area contributed by atoms with E-state index in [1.165, 1.54) is 114 Å². The topological polar surface area (TPSA) is 9.86 Å². The van der Waals surface area contributed by atoms with Crippen molar-refractivity contribution in [3.63, 3.8) is 0 Å². The normalized spacial score (nSPS) is 13.3. The fourth-order valence-electron chi connectivity index (χ4n) is 10.4. The number of benzene rings is 9. The third kappa shape index (κ3) is 4.75. The number of aromatic nitrogens is 2. The number of hydrogen-bond acceptors (Lipinski definition) is 1. The fraction of sp³-hybridized carbons (Fsp3) is 0.0526. The smallest absolute Gasteiger partial charge is 0.0541 e. The summed E-state index contributed by atoms with van der Waals surface area (Å²) in [5, 5.41) is 7.71. The van der Waals surface area contributed by atoms with Gasteiger partial charge in [0.1, 0.15) is 0 Å². The Kier molecular flexibility index (Phi) is 6.98. The van der Waals surface area contributed by atoms with Crippen LogP contribution >= 0.6 is 11.3 Å². The van der Waals surface area contributed by atoms with Crippen molar-refractivity contribution in [3.8, 4) is 44.8 Å². The van der Waals surface area contributed by atoms with Gasteiger partial charge in [-0.05, 0) is 117 Å². The van der Waals surface area contributed by atoms with Crippen LogP contribution in [0.4, 0.5) is 0 Å². The van der Waals surface area contributed by atoms with Crippen molar-refractivity contribution in [2.45, 2.75) is 19.3 Å². The molecule has 0 atom stereocenters. The number of nitrogens with zero attached hydrogens (tertiary/aromatic N) is 2. The van der Waals surface area contributed by atoms with E-state index in [4.69, 9.17) is 0 Å². The van der Waals surface area contributed by atoms with Crippen LogP contribution in [-0.4, -0.2) is 9.13 Å². The summed E-state index contributed by atoms with van der Waals surface area (Å²) < 4.78 is 7.54. The molecule has 0 bridgehead atoms. The van der Waals surface area contributed by atoms with Crippen LogP contribution in [0.25, 0.3) is 109 Å². The standard InChI is InChI=1S/C57H38N2S/c1-57(2)49-15-7-3-11-41(49)42-28-26-40(34-50(42)57)59-52-17-9-5-13-44(52)48-32-37(23-30-54(48)59)36-22-29-53-47(31-36)43-12-4-8-16-51(43)58(53)39-24-19-35(20-25-39)38-21-27-46-45-14-6-10-18-55(45)60-56(46)33-38/h3-34H,1-2H3. The summed E-state index contributed by atoms with van der Waals surface area (Å²) in [6.07, 6.45) is 0. The van der Waals surface area contributed by atoms with Crippen LogP contribution < -0.4 is 0 Å². The molecule has 0 amide bonds. The van der Waals surface area contributed by atoms with Crippen LogP contribution in [0.15, 0.2) is 194 Å². The molecule has 0 saturated heterocycles. The molecule has 282 valence electrons. The van der Waals surface area contributed by atoms with E-state index >= 15 is 0 Å². The Hall–Kier alpha value is -7.20. The summed E-state index contributed by atoms with van der Waals surface area (Å²) in [7, 11) is 0. The molecule has 3 heterocycles. The van der Waals surface area contributed by atoms with Crippen molar-refractivity contribution in [1.29, 1.82) is 0 Å². The van der Waals surface area contributed by atoms with Crippen LogP contribution in [0.5, 0.6) is 0 Å². The molecule has 0 fully saturated rings.